The lowest BCUT2D eigenvalue weighted by molar-refractivity contribution is -0.384. The molecule has 0 aliphatic rings. The van der Waals surface area contributed by atoms with Crippen molar-refractivity contribution in [2.24, 2.45) is 0 Å². The van der Waals surface area contributed by atoms with Crippen molar-refractivity contribution < 1.29 is 19.2 Å². The van der Waals surface area contributed by atoms with E-state index in [1.165, 1.54) is 12.1 Å². The van der Waals surface area contributed by atoms with Crippen LogP contribution >= 0.6 is 15.9 Å². The molecule has 0 atom stereocenters. The van der Waals surface area contributed by atoms with Crippen LogP contribution < -0.4 is 4.74 Å². The van der Waals surface area contributed by atoms with E-state index in [0.29, 0.717) is 11.3 Å². The fourth-order valence-electron chi connectivity index (χ4n) is 1.59. The number of esters is 1. The van der Waals surface area contributed by atoms with Gasteiger partial charge >= 0.3 is 5.97 Å². The molecule has 114 valence electrons. The normalized spacial score (nSPS) is 10.0. The standard InChI is InChI=1S/C15H12BrNO5/c16-12-3-7-14(8-4-12)21-10-15(18)22-9-11-1-5-13(6-2-11)17(19)20/h1-8H,9-10H2. The van der Waals surface area contributed by atoms with Crippen molar-refractivity contribution in [2.75, 3.05) is 6.61 Å². The van der Waals surface area contributed by atoms with Crippen LogP contribution in [0.5, 0.6) is 5.75 Å². The molecule has 0 saturated carbocycles. The third-order valence-electron chi connectivity index (χ3n) is 2.72. The summed E-state index contributed by atoms with van der Waals surface area (Å²) in [6.45, 7) is -0.158. The highest BCUT2D eigenvalue weighted by Crippen LogP contribution is 2.16. The molecule has 2 aromatic carbocycles. The number of rotatable bonds is 6. The minimum atomic E-state index is -0.513. The first-order valence-corrected chi connectivity index (χ1v) is 7.11. The molecule has 0 aliphatic heterocycles. The minimum Gasteiger partial charge on any atom is -0.482 e. The van der Waals surface area contributed by atoms with Crippen molar-refractivity contribution in [2.45, 2.75) is 6.61 Å². The first-order chi connectivity index (χ1) is 10.5. The molecule has 0 aromatic heterocycles. The second-order valence-corrected chi connectivity index (χ2v) is 5.24. The lowest BCUT2D eigenvalue weighted by Gasteiger charge is -2.07. The second kappa shape index (κ2) is 7.56. The average molecular weight is 366 g/mol. The van der Waals surface area contributed by atoms with Crippen molar-refractivity contribution in [3.63, 3.8) is 0 Å². The summed E-state index contributed by atoms with van der Waals surface area (Å²) in [5.74, 6) is 0.0526. The van der Waals surface area contributed by atoms with Gasteiger partial charge in [-0.05, 0) is 42.0 Å². The summed E-state index contributed by atoms with van der Waals surface area (Å²) in [5.41, 5.74) is 0.663. The minimum absolute atomic E-state index is 0.00588. The fraction of sp³-hybridized carbons (Fsp3) is 0.133. The molecule has 0 bridgehead atoms. The van der Waals surface area contributed by atoms with Gasteiger partial charge in [0.05, 0.1) is 4.92 Å². The predicted octanol–water partition coefficient (Wildman–Crippen LogP) is 3.48. The Bertz CT molecular complexity index is 655. The van der Waals surface area contributed by atoms with E-state index in [1.807, 2.05) is 0 Å². The fourth-order valence-corrected chi connectivity index (χ4v) is 1.86. The number of halogens is 1. The van der Waals surface area contributed by atoms with E-state index < -0.39 is 10.9 Å². The van der Waals surface area contributed by atoms with Gasteiger partial charge in [0.25, 0.3) is 5.69 Å². The summed E-state index contributed by atoms with van der Waals surface area (Å²) in [5, 5.41) is 10.5. The number of nitro groups is 1. The van der Waals surface area contributed by atoms with Crippen molar-refractivity contribution in [1.82, 2.24) is 0 Å². The van der Waals surface area contributed by atoms with Gasteiger partial charge in [-0.15, -0.1) is 0 Å². The monoisotopic (exact) mass is 365 g/mol. The van der Waals surface area contributed by atoms with Crippen LogP contribution in [0.4, 0.5) is 5.69 Å². The van der Waals surface area contributed by atoms with Crippen LogP contribution in [0.1, 0.15) is 5.56 Å². The lowest BCUT2D eigenvalue weighted by atomic mass is 10.2. The second-order valence-electron chi connectivity index (χ2n) is 4.33. The van der Waals surface area contributed by atoms with Gasteiger partial charge < -0.3 is 9.47 Å². The highest BCUT2D eigenvalue weighted by molar-refractivity contribution is 9.10. The molecule has 0 saturated heterocycles. The van der Waals surface area contributed by atoms with Gasteiger partial charge in [0.2, 0.25) is 0 Å². The Morgan fingerprint density at radius 2 is 1.73 bits per heavy atom. The van der Waals surface area contributed by atoms with Gasteiger partial charge in [-0.1, -0.05) is 15.9 Å². The van der Waals surface area contributed by atoms with Crippen LogP contribution in [0.2, 0.25) is 0 Å². The topological polar surface area (TPSA) is 78.7 Å². The number of nitro benzene ring substituents is 1. The Kier molecular flexibility index (Phi) is 5.48. The highest BCUT2D eigenvalue weighted by Gasteiger charge is 2.07. The number of non-ortho nitro benzene ring substituents is 1. The zero-order valence-electron chi connectivity index (χ0n) is 11.4. The largest absolute Gasteiger partial charge is 0.482 e. The molecule has 2 aromatic rings. The molecule has 0 unspecified atom stereocenters. The molecule has 0 N–H and O–H groups in total. The third kappa shape index (κ3) is 4.85. The van der Waals surface area contributed by atoms with Crippen molar-refractivity contribution in [3.05, 3.63) is 68.7 Å². The summed E-state index contributed by atoms with van der Waals surface area (Å²) in [4.78, 5) is 21.6. The van der Waals surface area contributed by atoms with Gasteiger partial charge in [-0.2, -0.15) is 0 Å². The van der Waals surface area contributed by atoms with Gasteiger partial charge in [-0.25, -0.2) is 4.79 Å². The molecule has 0 fully saturated rings. The molecule has 7 heteroatoms. The van der Waals surface area contributed by atoms with Crippen LogP contribution in [-0.4, -0.2) is 17.5 Å². The summed E-state index contributed by atoms with van der Waals surface area (Å²) < 4.78 is 11.2. The Morgan fingerprint density at radius 1 is 1.09 bits per heavy atom. The van der Waals surface area contributed by atoms with Crippen molar-refractivity contribution in [1.29, 1.82) is 0 Å². The van der Waals surface area contributed by atoms with E-state index in [2.05, 4.69) is 15.9 Å². The summed E-state index contributed by atoms with van der Waals surface area (Å²) in [6.07, 6.45) is 0. The van der Waals surface area contributed by atoms with Crippen LogP contribution in [0.15, 0.2) is 53.0 Å². The van der Waals surface area contributed by atoms with Crippen LogP contribution in [-0.2, 0) is 16.1 Å². The van der Waals surface area contributed by atoms with Gasteiger partial charge in [0.15, 0.2) is 6.61 Å². The average Bonchev–Trinajstić information content (AvgIpc) is 2.52. The number of nitrogens with zero attached hydrogens (tertiary/aromatic N) is 1. The Balaban J connectivity index is 1.77. The molecule has 0 spiro atoms. The summed E-state index contributed by atoms with van der Waals surface area (Å²) in [6, 6.07) is 12.9. The molecule has 0 radical (unpaired) electrons. The molecule has 0 amide bonds. The highest BCUT2D eigenvalue weighted by atomic mass is 79.9. The van der Waals surface area contributed by atoms with E-state index in [0.717, 1.165) is 4.47 Å². The van der Waals surface area contributed by atoms with Crippen LogP contribution in [0, 0.1) is 10.1 Å². The van der Waals surface area contributed by atoms with E-state index >= 15 is 0 Å². The van der Waals surface area contributed by atoms with Crippen LogP contribution in [0.25, 0.3) is 0 Å². The van der Waals surface area contributed by atoms with Crippen LogP contribution in [0.3, 0.4) is 0 Å². The maximum absolute atomic E-state index is 11.6. The molecular weight excluding hydrogens is 354 g/mol. The third-order valence-corrected chi connectivity index (χ3v) is 3.25. The number of ether oxygens (including phenoxy) is 2. The molecule has 2 rings (SSSR count). The van der Waals surface area contributed by atoms with E-state index in [1.54, 1.807) is 36.4 Å². The van der Waals surface area contributed by atoms with Gasteiger partial charge in [0.1, 0.15) is 12.4 Å². The van der Waals surface area contributed by atoms with E-state index in [9.17, 15) is 14.9 Å². The van der Waals surface area contributed by atoms with Crippen molar-refractivity contribution in [3.8, 4) is 5.75 Å². The maximum Gasteiger partial charge on any atom is 0.344 e. The van der Waals surface area contributed by atoms with E-state index in [-0.39, 0.29) is 18.9 Å². The number of benzene rings is 2. The maximum atomic E-state index is 11.6. The zero-order valence-corrected chi connectivity index (χ0v) is 13.0. The Morgan fingerprint density at radius 3 is 2.32 bits per heavy atom. The van der Waals surface area contributed by atoms with Gasteiger partial charge in [-0.3, -0.25) is 10.1 Å². The summed E-state index contributed by atoms with van der Waals surface area (Å²) >= 11 is 3.30. The number of carbonyl (C=O) groups is 1. The molecule has 22 heavy (non-hydrogen) atoms. The first-order valence-electron chi connectivity index (χ1n) is 6.32. The molecule has 6 nitrogen and oxygen atoms in total. The molecule has 0 heterocycles. The predicted molar refractivity (Wildman–Crippen MR) is 82.5 cm³/mol. The molecular formula is C15H12BrNO5. The lowest BCUT2D eigenvalue weighted by Crippen LogP contribution is -2.14. The smallest absolute Gasteiger partial charge is 0.344 e. The Hall–Kier alpha value is -2.41. The Labute approximate surface area is 134 Å². The van der Waals surface area contributed by atoms with E-state index in [4.69, 9.17) is 9.47 Å². The van der Waals surface area contributed by atoms with Crippen molar-refractivity contribution >= 4 is 27.6 Å². The van der Waals surface area contributed by atoms with Gasteiger partial charge in [0, 0.05) is 16.6 Å². The number of hydrogen-bond donors (Lipinski definition) is 0. The summed E-state index contributed by atoms with van der Waals surface area (Å²) in [7, 11) is 0. The number of carbonyl (C=O) groups excluding carboxylic acids is 1. The SMILES string of the molecule is O=C(COc1ccc(Br)cc1)OCc1ccc([N+](=O)[O-])cc1. The quantitative estimate of drug-likeness (QED) is 0.444. The molecule has 0 aliphatic carbocycles. The first kappa shape index (κ1) is 16.0. The number of hydrogen-bond acceptors (Lipinski definition) is 5. The zero-order chi connectivity index (χ0) is 15.9.